The first-order valence-electron chi connectivity index (χ1n) is 8.56. The third-order valence-corrected chi connectivity index (χ3v) is 4.59. The molecule has 3 aromatic carbocycles. The van der Waals surface area contributed by atoms with Crippen LogP contribution >= 0.6 is 15.9 Å². The van der Waals surface area contributed by atoms with E-state index in [2.05, 4.69) is 21.2 Å². The SMILES string of the molecule is CNC(=O)c1c(Br)cc(OCc2ccccc2)cc1OCc1ccccc1. The number of ether oxygens (including phenoxy) is 2. The van der Waals surface area contributed by atoms with Crippen LogP contribution < -0.4 is 14.8 Å². The Morgan fingerprint density at radius 1 is 0.889 bits per heavy atom. The van der Waals surface area contributed by atoms with Crippen molar-refractivity contribution in [3.8, 4) is 11.5 Å². The lowest BCUT2D eigenvalue weighted by atomic mass is 10.1. The van der Waals surface area contributed by atoms with Crippen molar-refractivity contribution in [2.24, 2.45) is 0 Å². The van der Waals surface area contributed by atoms with Crippen molar-refractivity contribution in [1.82, 2.24) is 5.32 Å². The lowest BCUT2D eigenvalue weighted by Gasteiger charge is -2.15. The smallest absolute Gasteiger partial charge is 0.255 e. The first-order chi connectivity index (χ1) is 13.2. The quantitative estimate of drug-likeness (QED) is 0.581. The molecule has 0 aliphatic rings. The van der Waals surface area contributed by atoms with Crippen LogP contribution in [-0.4, -0.2) is 13.0 Å². The van der Waals surface area contributed by atoms with Gasteiger partial charge in [0, 0.05) is 17.6 Å². The van der Waals surface area contributed by atoms with Crippen molar-refractivity contribution >= 4 is 21.8 Å². The van der Waals surface area contributed by atoms with Gasteiger partial charge in [-0.05, 0) is 33.1 Å². The van der Waals surface area contributed by atoms with Crippen LogP contribution in [0.1, 0.15) is 21.5 Å². The molecule has 0 saturated carbocycles. The Morgan fingerprint density at radius 2 is 1.44 bits per heavy atom. The fourth-order valence-corrected chi connectivity index (χ4v) is 3.18. The summed E-state index contributed by atoms with van der Waals surface area (Å²) >= 11 is 3.47. The summed E-state index contributed by atoms with van der Waals surface area (Å²) in [4.78, 5) is 12.3. The fraction of sp³-hybridized carbons (Fsp3) is 0.136. The first-order valence-corrected chi connectivity index (χ1v) is 9.35. The molecular formula is C22H20BrNO3. The molecule has 0 heterocycles. The predicted molar refractivity (Wildman–Crippen MR) is 109 cm³/mol. The van der Waals surface area contributed by atoms with Crippen molar-refractivity contribution in [1.29, 1.82) is 0 Å². The van der Waals surface area contributed by atoms with E-state index < -0.39 is 0 Å². The monoisotopic (exact) mass is 425 g/mol. The largest absolute Gasteiger partial charge is 0.489 e. The summed E-state index contributed by atoms with van der Waals surface area (Å²) in [6, 6.07) is 23.2. The third-order valence-electron chi connectivity index (χ3n) is 3.97. The number of nitrogens with one attached hydrogen (secondary N) is 1. The molecule has 0 radical (unpaired) electrons. The highest BCUT2D eigenvalue weighted by Gasteiger charge is 2.18. The number of carbonyl (C=O) groups excluding carboxylic acids is 1. The van der Waals surface area contributed by atoms with Crippen molar-refractivity contribution in [2.45, 2.75) is 13.2 Å². The molecule has 0 unspecified atom stereocenters. The van der Waals surface area contributed by atoms with Crippen molar-refractivity contribution < 1.29 is 14.3 Å². The lowest BCUT2D eigenvalue weighted by molar-refractivity contribution is 0.0957. The zero-order chi connectivity index (χ0) is 19.1. The summed E-state index contributed by atoms with van der Waals surface area (Å²) < 4.78 is 12.5. The number of hydrogen-bond donors (Lipinski definition) is 1. The van der Waals surface area contributed by atoms with E-state index >= 15 is 0 Å². The highest BCUT2D eigenvalue weighted by atomic mass is 79.9. The fourth-order valence-electron chi connectivity index (χ4n) is 2.58. The first kappa shape index (κ1) is 19.0. The summed E-state index contributed by atoms with van der Waals surface area (Å²) in [5.41, 5.74) is 2.53. The van der Waals surface area contributed by atoms with E-state index in [1.807, 2.05) is 60.7 Å². The Labute approximate surface area is 167 Å². The van der Waals surface area contributed by atoms with Gasteiger partial charge in [0.25, 0.3) is 5.91 Å². The lowest BCUT2D eigenvalue weighted by Crippen LogP contribution is -2.19. The summed E-state index contributed by atoms with van der Waals surface area (Å²) in [5, 5.41) is 2.65. The Morgan fingerprint density at radius 3 is 2.00 bits per heavy atom. The van der Waals surface area contributed by atoms with Gasteiger partial charge in [-0.15, -0.1) is 0 Å². The molecule has 0 aliphatic heterocycles. The van der Waals surface area contributed by atoms with Crippen LogP contribution in [0.2, 0.25) is 0 Å². The molecule has 0 fully saturated rings. The minimum atomic E-state index is -0.223. The third kappa shape index (κ3) is 5.11. The van der Waals surface area contributed by atoms with Crippen LogP contribution in [0.4, 0.5) is 0 Å². The number of halogens is 1. The molecule has 3 aromatic rings. The van der Waals surface area contributed by atoms with Gasteiger partial charge in [0.2, 0.25) is 0 Å². The molecule has 0 aliphatic carbocycles. The maximum Gasteiger partial charge on any atom is 0.255 e. The van der Waals surface area contributed by atoms with E-state index in [0.717, 1.165) is 11.1 Å². The van der Waals surface area contributed by atoms with E-state index in [9.17, 15) is 4.79 Å². The zero-order valence-electron chi connectivity index (χ0n) is 14.9. The van der Waals surface area contributed by atoms with Gasteiger partial charge < -0.3 is 14.8 Å². The van der Waals surface area contributed by atoms with E-state index in [1.54, 1.807) is 19.2 Å². The van der Waals surface area contributed by atoms with E-state index in [1.165, 1.54) is 0 Å². The average Bonchev–Trinajstić information content (AvgIpc) is 2.71. The van der Waals surface area contributed by atoms with Crippen LogP contribution in [0.15, 0.2) is 77.3 Å². The second kappa shape index (κ2) is 9.24. The molecule has 3 rings (SSSR count). The van der Waals surface area contributed by atoms with Crippen molar-refractivity contribution in [3.05, 3.63) is 94.0 Å². The second-order valence-electron chi connectivity index (χ2n) is 5.91. The molecule has 0 bridgehead atoms. The minimum absolute atomic E-state index is 0.223. The topological polar surface area (TPSA) is 47.6 Å². The standard InChI is InChI=1S/C22H20BrNO3/c1-24-22(25)21-19(23)12-18(26-14-16-8-4-2-5-9-16)13-20(21)27-15-17-10-6-3-7-11-17/h2-13H,14-15H2,1H3,(H,24,25). The zero-order valence-corrected chi connectivity index (χ0v) is 16.5. The highest BCUT2D eigenvalue weighted by molar-refractivity contribution is 9.10. The summed E-state index contributed by atoms with van der Waals surface area (Å²) in [7, 11) is 1.59. The van der Waals surface area contributed by atoms with Crippen molar-refractivity contribution in [3.63, 3.8) is 0 Å². The van der Waals surface area contributed by atoms with E-state index in [4.69, 9.17) is 9.47 Å². The summed E-state index contributed by atoms with van der Waals surface area (Å²) in [6.45, 7) is 0.796. The summed E-state index contributed by atoms with van der Waals surface area (Å²) in [6.07, 6.45) is 0. The van der Waals surface area contributed by atoms with Gasteiger partial charge in [-0.25, -0.2) is 0 Å². The molecule has 138 valence electrons. The second-order valence-corrected chi connectivity index (χ2v) is 6.76. The normalized spacial score (nSPS) is 10.3. The molecule has 27 heavy (non-hydrogen) atoms. The van der Waals surface area contributed by atoms with Crippen LogP contribution in [0.3, 0.4) is 0 Å². The van der Waals surface area contributed by atoms with Crippen LogP contribution in [0, 0.1) is 0 Å². The van der Waals surface area contributed by atoms with Crippen molar-refractivity contribution in [2.75, 3.05) is 7.05 Å². The number of amides is 1. The van der Waals surface area contributed by atoms with E-state index in [-0.39, 0.29) is 5.91 Å². The maximum atomic E-state index is 12.3. The predicted octanol–water partition coefficient (Wildman–Crippen LogP) is 4.97. The van der Waals surface area contributed by atoms with Crippen LogP contribution in [0.25, 0.3) is 0 Å². The molecule has 0 aromatic heterocycles. The number of carbonyl (C=O) groups is 1. The number of hydrogen-bond acceptors (Lipinski definition) is 3. The Hall–Kier alpha value is -2.79. The molecule has 5 heteroatoms. The Bertz CT molecular complexity index is 898. The molecule has 1 N–H and O–H groups in total. The van der Waals surface area contributed by atoms with E-state index in [0.29, 0.717) is 34.7 Å². The number of rotatable bonds is 7. The van der Waals surface area contributed by atoms with Gasteiger partial charge in [0.15, 0.2) is 0 Å². The molecule has 0 atom stereocenters. The van der Waals surface area contributed by atoms with Gasteiger partial charge >= 0.3 is 0 Å². The van der Waals surface area contributed by atoms with Gasteiger partial charge in [-0.3, -0.25) is 4.79 Å². The molecule has 4 nitrogen and oxygen atoms in total. The number of benzene rings is 3. The highest BCUT2D eigenvalue weighted by Crippen LogP contribution is 2.33. The molecule has 0 spiro atoms. The van der Waals surface area contributed by atoms with Crippen LogP contribution in [-0.2, 0) is 13.2 Å². The molecule has 0 saturated heterocycles. The molecule has 1 amide bonds. The summed E-state index contributed by atoms with van der Waals surface area (Å²) in [5.74, 6) is 0.872. The van der Waals surface area contributed by atoms with Gasteiger partial charge in [0.1, 0.15) is 24.7 Å². The Kier molecular flexibility index (Phi) is 6.49. The van der Waals surface area contributed by atoms with Gasteiger partial charge in [-0.1, -0.05) is 60.7 Å². The Balaban J connectivity index is 1.83. The van der Waals surface area contributed by atoms with Gasteiger partial charge in [0.05, 0.1) is 5.56 Å². The average molecular weight is 426 g/mol. The maximum absolute atomic E-state index is 12.3. The van der Waals surface area contributed by atoms with Crippen LogP contribution in [0.5, 0.6) is 11.5 Å². The van der Waals surface area contributed by atoms with Gasteiger partial charge in [-0.2, -0.15) is 0 Å². The minimum Gasteiger partial charge on any atom is -0.489 e. The molecular weight excluding hydrogens is 406 g/mol.